The zero-order valence-electron chi connectivity index (χ0n) is 12.3. The fraction of sp³-hybridized carbons (Fsp3) is 0.562. The van der Waals surface area contributed by atoms with Gasteiger partial charge in [-0.3, -0.25) is 4.79 Å². The number of hydrogen-bond donors (Lipinski definition) is 0. The van der Waals surface area contributed by atoms with E-state index < -0.39 is 6.29 Å². The van der Waals surface area contributed by atoms with E-state index in [0.717, 1.165) is 5.56 Å². The van der Waals surface area contributed by atoms with E-state index in [1.807, 2.05) is 30.3 Å². The van der Waals surface area contributed by atoms with Crippen LogP contribution in [0.3, 0.4) is 0 Å². The van der Waals surface area contributed by atoms with E-state index in [9.17, 15) is 4.79 Å². The van der Waals surface area contributed by atoms with E-state index in [1.54, 1.807) is 0 Å². The van der Waals surface area contributed by atoms with Crippen molar-refractivity contribution in [1.82, 2.24) is 0 Å². The minimum absolute atomic E-state index is 0.129. The molecule has 0 unspecified atom stereocenters. The maximum atomic E-state index is 11.4. The van der Waals surface area contributed by atoms with Crippen LogP contribution in [0.15, 0.2) is 30.3 Å². The molecule has 3 rings (SSSR count). The molecule has 0 amide bonds. The molecule has 0 bridgehead atoms. The maximum absolute atomic E-state index is 11.4. The first kappa shape index (κ1) is 15.7. The number of carbonyl (C=O) groups excluding carboxylic acids is 1. The molecule has 5 atom stereocenters. The summed E-state index contributed by atoms with van der Waals surface area (Å²) < 4.78 is 22.3. The molecule has 2 fully saturated rings. The summed E-state index contributed by atoms with van der Waals surface area (Å²) in [6.45, 7) is 0.422. The van der Waals surface area contributed by atoms with Gasteiger partial charge in [0.1, 0.15) is 6.10 Å². The van der Waals surface area contributed by atoms with Crippen molar-refractivity contribution in [3.8, 4) is 0 Å². The second kappa shape index (κ2) is 6.96. The first-order chi connectivity index (χ1) is 10.7. The van der Waals surface area contributed by atoms with Gasteiger partial charge in [-0.25, -0.2) is 0 Å². The zero-order valence-corrected chi connectivity index (χ0v) is 13.1. The van der Waals surface area contributed by atoms with Crippen molar-refractivity contribution in [2.45, 2.75) is 42.8 Å². The highest BCUT2D eigenvalue weighted by molar-refractivity contribution is 6.21. The lowest BCUT2D eigenvalue weighted by Gasteiger charge is -2.43. The van der Waals surface area contributed by atoms with Crippen LogP contribution >= 0.6 is 11.6 Å². The quantitative estimate of drug-likeness (QED) is 0.631. The van der Waals surface area contributed by atoms with Crippen LogP contribution in [-0.2, 0) is 23.7 Å². The average molecular weight is 327 g/mol. The van der Waals surface area contributed by atoms with E-state index in [1.165, 1.54) is 7.11 Å². The number of fused-ring (bicyclic) bond motifs is 1. The van der Waals surface area contributed by atoms with Crippen molar-refractivity contribution >= 4 is 17.6 Å². The molecule has 120 valence electrons. The van der Waals surface area contributed by atoms with E-state index in [0.29, 0.717) is 13.0 Å². The van der Waals surface area contributed by atoms with Gasteiger partial charge in [0.2, 0.25) is 0 Å². The fourth-order valence-corrected chi connectivity index (χ4v) is 3.13. The van der Waals surface area contributed by atoms with E-state index >= 15 is 0 Å². The highest BCUT2D eigenvalue weighted by Gasteiger charge is 2.43. The second-order valence-electron chi connectivity index (χ2n) is 5.50. The Balaban J connectivity index is 1.62. The number of hydrogen-bond acceptors (Lipinski definition) is 5. The summed E-state index contributed by atoms with van der Waals surface area (Å²) in [6, 6.07) is 9.77. The van der Waals surface area contributed by atoms with E-state index in [-0.39, 0.29) is 36.1 Å². The van der Waals surface area contributed by atoms with Crippen LogP contribution < -0.4 is 0 Å². The van der Waals surface area contributed by atoms with Gasteiger partial charge in [0, 0.05) is 5.56 Å². The Morgan fingerprint density at radius 2 is 2.05 bits per heavy atom. The molecule has 2 heterocycles. The second-order valence-corrected chi connectivity index (χ2v) is 6.06. The van der Waals surface area contributed by atoms with Crippen molar-refractivity contribution in [2.24, 2.45) is 0 Å². The fourth-order valence-electron chi connectivity index (χ4n) is 2.80. The Morgan fingerprint density at radius 1 is 1.27 bits per heavy atom. The minimum Gasteiger partial charge on any atom is -0.469 e. The summed E-state index contributed by atoms with van der Waals surface area (Å²) in [5.41, 5.74) is 0.976. The zero-order chi connectivity index (χ0) is 15.5. The molecule has 5 nitrogen and oxygen atoms in total. The average Bonchev–Trinajstić information content (AvgIpc) is 2.55. The SMILES string of the molecule is COC(=O)C[C@@H]1O[C@@H]2CO[C@H](c3ccccc3)O[C@@H]2C[C@@H]1Cl. The maximum Gasteiger partial charge on any atom is 0.308 e. The number of rotatable bonds is 3. The number of halogens is 1. The molecule has 0 aromatic heterocycles. The molecule has 0 spiro atoms. The summed E-state index contributed by atoms with van der Waals surface area (Å²) in [7, 11) is 1.36. The molecule has 0 radical (unpaired) electrons. The third-order valence-electron chi connectivity index (χ3n) is 4.00. The monoisotopic (exact) mass is 326 g/mol. The number of methoxy groups -OCH3 is 1. The minimum atomic E-state index is -0.396. The third-order valence-corrected chi connectivity index (χ3v) is 4.46. The normalized spacial score (nSPS) is 34.7. The predicted molar refractivity (Wildman–Crippen MR) is 79.6 cm³/mol. The molecule has 2 saturated heterocycles. The number of alkyl halides is 1. The van der Waals surface area contributed by atoms with Gasteiger partial charge in [-0.1, -0.05) is 30.3 Å². The molecule has 1 aromatic rings. The molecule has 0 saturated carbocycles. The number of carbonyl (C=O) groups is 1. The van der Waals surface area contributed by atoms with Crippen LogP contribution in [0.25, 0.3) is 0 Å². The van der Waals surface area contributed by atoms with Gasteiger partial charge in [0.05, 0.1) is 37.7 Å². The van der Waals surface area contributed by atoms with E-state index in [2.05, 4.69) is 4.74 Å². The van der Waals surface area contributed by atoms with Crippen molar-refractivity contribution in [1.29, 1.82) is 0 Å². The molecular weight excluding hydrogens is 308 g/mol. The lowest BCUT2D eigenvalue weighted by Crippen LogP contribution is -2.52. The first-order valence-electron chi connectivity index (χ1n) is 7.35. The summed E-state index contributed by atoms with van der Waals surface area (Å²) in [5.74, 6) is -0.325. The van der Waals surface area contributed by atoms with Gasteiger partial charge in [0.25, 0.3) is 0 Å². The third kappa shape index (κ3) is 3.43. The van der Waals surface area contributed by atoms with Crippen LogP contribution in [0.4, 0.5) is 0 Å². The van der Waals surface area contributed by atoms with Gasteiger partial charge >= 0.3 is 5.97 Å². The Labute approximate surface area is 134 Å². The van der Waals surface area contributed by atoms with Crippen LogP contribution in [0.5, 0.6) is 0 Å². The van der Waals surface area contributed by atoms with Crippen molar-refractivity contribution in [3.63, 3.8) is 0 Å². The van der Waals surface area contributed by atoms with E-state index in [4.69, 9.17) is 25.8 Å². The number of ether oxygens (including phenoxy) is 4. The summed E-state index contributed by atoms with van der Waals surface area (Å²) in [5, 5.41) is -0.283. The predicted octanol–water partition coefficient (Wildman–Crippen LogP) is 2.43. The molecule has 22 heavy (non-hydrogen) atoms. The molecule has 2 aliphatic heterocycles. The summed E-state index contributed by atoms with van der Waals surface area (Å²) in [6.07, 6.45) is -0.320. The van der Waals surface area contributed by atoms with Crippen LogP contribution in [0, 0.1) is 0 Å². The molecular formula is C16H19ClO5. The highest BCUT2D eigenvalue weighted by Crippen LogP contribution is 2.36. The van der Waals surface area contributed by atoms with Crippen LogP contribution in [0.2, 0.25) is 0 Å². The summed E-state index contributed by atoms with van der Waals surface area (Å²) in [4.78, 5) is 11.4. The lowest BCUT2D eigenvalue weighted by molar-refractivity contribution is -0.287. The topological polar surface area (TPSA) is 54.0 Å². The van der Waals surface area contributed by atoms with Crippen molar-refractivity contribution < 1.29 is 23.7 Å². The van der Waals surface area contributed by atoms with Gasteiger partial charge < -0.3 is 18.9 Å². The lowest BCUT2D eigenvalue weighted by atomic mass is 9.98. The molecule has 2 aliphatic rings. The van der Waals surface area contributed by atoms with Gasteiger partial charge in [-0.15, -0.1) is 11.6 Å². The Hall–Kier alpha value is -1.14. The van der Waals surface area contributed by atoms with Crippen molar-refractivity contribution in [3.05, 3.63) is 35.9 Å². The van der Waals surface area contributed by atoms with Gasteiger partial charge in [-0.05, 0) is 6.42 Å². The van der Waals surface area contributed by atoms with Gasteiger partial charge in [-0.2, -0.15) is 0 Å². The van der Waals surface area contributed by atoms with Crippen LogP contribution in [0.1, 0.15) is 24.7 Å². The number of benzene rings is 1. The standard InChI is InChI=1S/C16H19ClO5/c1-19-15(18)8-12-11(17)7-13-14(21-12)9-20-16(22-13)10-5-3-2-4-6-10/h2-6,11-14,16H,7-9H2,1H3/t11-,12-,13+,14+,16-/m0/s1. The molecule has 6 heteroatoms. The molecule has 0 N–H and O–H groups in total. The molecule has 1 aromatic carbocycles. The first-order valence-corrected chi connectivity index (χ1v) is 7.79. The van der Waals surface area contributed by atoms with Crippen molar-refractivity contribution in [2.75, 3.05) is 13.7 Å². The van der Waals surface area contributed by atoms with Gasteiger partial charge in [0.15, 0.2) is 6.29 Å². The number of esters is 1. The Kier molecular flexibility index (Phi) is 4.98. The molecule has 0 aliphatic carbocycles. The smallest absolute Gasteiger partial charge is 0.308 e. The largest absolute Gasteiger partial charge is 0.469 e. The summed E-state index contributed by atoms with van der Waals surface area (Å²) >= 11 is 6.34. The highest BCUT2D eigenvalue weighted by atomic mass is 35.5. The Bertz CT molecular complexity index is 509. The van der Waals surface area contributed by atoms with Crippen LogP contribution in [-0.4, -0.2) is 43.4 Å². The Morgan fingerprint density at radius 3 is 2.77 bits per heavy atom.